The number of hydrogen-bond acceptors (Lipinski definition) is 2. The van der Waals surface area contributed by atoms with Crippen molar-refractivity contribution in [2.45, 2.75) is 32.7 Å². The van der Waals surface area contributed by atoms with Crippen LogP contribution in [-0.2, 0) is 11.2 Å². The van der Waals surface area contributed by atoms with Crippen molar-refractivity contribution in [3.05, 3.63) is 29.8 Å². The fourth-order valence-corrected chi connectivity index (χ4v) is 1.48. The Labute approximate surface area is 96.8 Å². The van der Waals surface area contributed by atoms with Crippen molar-refractivity contribution in [1.82, 2.24) is 5.32 Å². The average molecular weight is 221 g/mol. The molecule has 1 aromatic carbocycles. The smallest absolute Gasteiger partial charge is 0.224 e. The summed E-state index contributed by atoms with van der Waals surface area (Å²) in [7, 11) is 1.61. The fourth-order valence-electron chi connectivity index (χ4n) is 1.48. The molecule has 0 bridgehead atoms. The van der Waals surface area contributed by atoms with Crippen LogP contribution in [0.15, 0.2) is 24.3 Å². The van der Waals surface area contributed by atoms with Gasteiger partial charge in [0, 0.05) is 11.1 Å². The first-order valence-corrected chi connectivity index (χ1v) is 5.35. The van der Waals surface area contributed by atoms with Gasteiger partial charge >= 0.3 is 0 Å². The van der Waals surface area contributed by atoms with Crippen molar-refractivity contribution in [3.63, 3.8) is 0 Å². The van der Waals surface area contributed by atoms with E-state index < -0.39 is 0 Å². The van der Waals surface area contributed by atoms with Crippen molar-refractivity contribution in [1.29, 1.82) is 0 Å². The van der Waals surface area contributed by atoms with E-state index in [9.17, 15) is 4.79 Å². The Bertz CT molecular complexity index is 366. The van der Waals surface area contributed by atoms with Crippen LogP contribution in [0.1, 0.15) is 26.3 Å². The first kappa shape index (κ1) is 12.6. The highest BCUT2D eigenvalue weighted by Crippen LogP contribution is 2.17. The molecule has 3 heteroatoms. The molecule has 0 aliphatic rings. The SMILES string of the molecule is COc1ccccc1CC(=O)NC(C)(C)C. The summed E-state index contributed by atoms with van der Waals surface area (Å²) in [5, 5.41) is 2.92. The summed E-state index contributed by atoms with van der Waals surface area (Å²) in [5.41, 5.74) is 0.714. The monoisotopic (exact) mass is 221 g/mol. The van der Waals surface area contributed by atoms with Crippen LogP contribution in [0.25, 0.3) is 0 Å². The molecule has 0 atom stereocenters. The Morgan fingerprint density at radius 1 is 1.31 bits per heavy atom. The molecule has 0 saturated carbocycles. The van der Waals surface area contributed by atoms with Crippen LogP contribution in [-0.4, -0.2) is 18.6 Å². The number of methoxy groups -OCH3 is 1. The maximum absolute atomic E-state index is 11.7. The van der Waals surface area contributed by atoms with E-state index in [4.69, 9.17) is 4.74 Å². The molecule has 1 rings (SSSR count). The second-order valence-corrected chi connectivity index (χ2v) is 4.79. The van der Waals surface area contributed by atoms with Gasteiger partial charge < -0.3 is 10.1 Å². The van der Waals surface area contributed by atoms with Crippen LogP contribution in [0, 0.1) is 0 Å². The summed E-state index contributed by atoms with van der Waals surface area (Å²) in [4.78, 5) is 11.7. The van der Waals surface area contributed by atoms with E-state index >= 15 is 0 Å². The lowest BCUT2D eigenvalue weighted by Gasteiger charge is -2.20. The molecule has 16 heavy (non-hydrogen) atoms. The number of hydrogen-bond donors (Lipinski definition) is 1. The summed E-state index contributed by atoms with van der Waals surface area (Å²) < 4.78 is 5.20. The number of carbonyl (C=O) groups excluding carboxylic acids is 1. The van der Waals surface area contributed by atoms with Gasteiger partial charge in [0.25, 0.3) is 0 Å². The quantitative estimate of drug-likeness (QED) is 0.849. The zero-order chi connectivity index (χ0) is 12.2. The van der Waals surface area contributed by atoms with E-state index in [-0.39, 0.29) is 11.4 Å². The van der Waals surface area contributed by atoms with Crippen LogP contribution >= 0.6 is 0 Å². The minimum Gasteiger partial charge on any atom is -0.496 e. The Kier molecular flexibility index (Phi) is 3.93. The first-order valence-electron chi connectivity index (χ1n) is 5.35. The molecular formula is C13H19NO2. The largest absolute Gasteiger partial charge is 0.496 e. The maximum atomic E-state index is 11.7. The highest BCUT2D eigenvalue weighted by Gasteiger charge is 2.15. The van der Waals surface area contributed by atoms with Gasteiger partial charge in [0.2, 0.25) is 5.91 Å². The van der Waals surface area contributed by atoms with Gasteiger partial charge in [0.1, 0.15) is 5.75 Å². The molecule has 0 aromatic heterocycles. The molecule has 0 radical (unpaired) electrons. The van der Waals surface area contributed by atoms with Gasteiger partial charge in [-0.1, -0.05) is 18.2 Å². The van der Waals surface area contributed by atoms with E-state index in [1.54, 1.807) is 7.11 Å². The number of amides is 1. The topological polar surface area (TPSA) is 38.3 Å². The highest BCUT2D eigenvalue weighted by atomic mass is 16.5. The number of ether oxygens (including phenoxy) is 1. The minimum atomic E-state index is -0.195. The first-order chi connectivity index (χ1) is 7.42. The van der Waals surface area contributed by atoms with Crippen molar-refractivity contribution < 1.29 is 9.53 Å². The van der Waals surface area contributed by atoms with Gasteiger partial charge in [-0.2, -0.15) is 0 Å². The standard InChI is InChI=1S/C13H19NO2/c1-13(2,3)14-12(15)9-10-7-5-6-8-11(10)16-4/h5-8H,9H2,1-4H3,(H,14,15). The zero-order valence-corrected chi connectivity index (χ0v) is 10.3. The van der Waals surface area contributed by atoms with Crippen LogP contribution in [0.4, 0.5) is 0 Å². The fraction of sp³-hybridized carbons (Fsp3) is 0.462. The number of carbonyl (C=O) groups is 1. The van der Waals surface area contributed by atoms with Gasteiger partial charge in [-0.25, -0.2) is 0 Å². The summed E-state index contributed by atoms with van der Waals surface area (Å²) in [6, 6.07) is 7.56. The summed E-state index contributed by atoms with van der Waals surface area (Å²) in [6.07, 6.45) is 0.348. The predicted octanol–water partition coefficient (Wildman–Crippen LogP) is 2.15. The molecule has 88 valence electrons. The third-order valence-corrected chi connectivity index (χ3v) is 2.06. The van der Waals surface area contributed by atoms with E-state index in [1.807, 2.05) is 45.0 Å². The molecule has 1 N–H and O–H groups in total. The molecule has 0 unspecified atom stereocenters. The summed E-state index contributed by atoms with van der Waals surface area (Å²) in [6.45, 7) is 5.90. The van der Waals surface area contributed by atoms with Crippen LogP contribution in [0.2, 0.25) is 0 Å². The predicted molar refractivity (Wildman–Crippen MR) is 64.6 cm³/mol. The Balaban J connectivity index is 2.70. The van der Waals surface area contributed by atoms with Crippen molar-refractivity contribution >= 4 is 5.91 Å². The summed E-state index contributed by atoms with van der Waals surface area (Å²) >= 11 is 0. The van der Waals surface area contributed by atoms with Crippen molar-refractivity contribution in [2.75, 3.05) is 7.11 Å². The lowest BCUT2D eigenvalue weighted by Crippen LogP contribution is -2.41. The lowest BCUT2D eigenvalue weighted by atomic mass is 10.1. The molecular weight excluding hydrogens is 202 g/mol. The van der Waals surface area contributed by atoms with E-state index in [2.05, 4.69) is 5.32 Å². The summed E-state index contributed by atoms with van der Waals surface area (Å²) in [5.74, 6) is 0.767. The second kappa shape index (κ2) is 5.01. The van der Waals surface area contributed by atoms with Crippen molar-refractivity contribution in [2.24, 2.45) is 0 Å². The van der Waals surface area contributed by atoms with E-state index in [0.29, 0.717) is 6.42 Å². The van der Waals surface area contributed by atoms with E-state index in [1.165, 1.54) is 0 Å². The van der Waals surface area contributed by atoms with Crippen molar-refractivity contribution in [3.8, 4) is 5.75 Å². The molecule has 0 heterocycles. The van der Waals surface area contributed by atoms with Gasteiger partial charge in [0.05, 0.1) is 13.5 Å². The molecule has 0 aliphatic carbocycles. The van der Waals surface area contributed by atoms with Crippen LogP contribution in [0.5, 0.6) is 5.75 Å². The molecule has 0 fully saturated rings. The van der Waals surface area contributed by atoms with Gasteiger partial charge in [-0.05, 0) is 26.8 Å². The molecule has 0 spiro atoms. The van der Waals surface area contributed by atoms with Crippen LogP contribution < -0.4 is 10.1 Å². The molecule has 0 saturated heterocycles. The molecule has 1 amide bonds. The average Bonchev–Trinajstić information content (AvgIpc) is 2.15. The van der Waals surface area contributed by atoms with Gasteiger partial charge in [-0.15, -0.1) is 0 Å². The Hall–Kier alpha value is -1.51. The lowest BCUT2D eigenvalue weighted by molar-refractivity contribution is -0.121. The van der Waals surface area contributed by atoms with Crippen LogP contribution in [0.3, 0.4) is 0 Å². The van der Waals surface area contributed by atoms with E-state index in [0.717, 1.165) is 11.3 Å². The van der Waals surface area contributed by atoms with Gasteiger partial charge in [-0.3, -0.25) is 4.79 Å². The normalized spacial score (nSPS) is 11.0. The number of nitrogens with one attached hydrogen (secondary N) is 1. The zero-order valence-electron chi connectivity index (χ0n) is 10.3. The number of benzene rings is 1. The van der Waals surface area contributed by atoms with Gasteiger partial charge in [0.15, 0.2) is 0 Å². The Morgan fingerprint density at radius 2 is 1.94 bits per heavy atom. The minimum absolute atomic E-state index is 0.0111. The number of para-hydroxylation sites is 1. The second-order valence-electron chi connectivity index (χ2n) is 4.79. The molecule has 3 nitrogen and oxygen atoms in total. The maximum Gasteiger partial charge on any atom is 0.224 e. The molecule has 1 aromatic rings. The third-order valence-electron chi connectivity index (χ3n) is 2.06. The number of rotatable bonds is 3. The highest BCUT2D eigenvalue weighted by molar-refractivity contribution is 5.79. The molecule has 0 aliphatic heterocycles. The third kappa shape index (κ3) is 3.93. The Morgan fingerprint density at radius 3 is 2.50 bits per heavy atom.